The summed E-state index contributed by atoms with van der Waals surface area (Å²) in [5.74, 6) is 1.64. The highest BCUT2D eigenvalue weighted by Gasteiger charge is 2.32. The van der Waals surface area contributed by atoms with Crippen LogP contribution in [0.1, 0.15) is 65.7 Å². The number of piperidine rings is 1. The van der Waals surface area contributed by atoms with Crippen LogP contribution in [0.3, 0.4) is 0 Å². The van der Waals surface area contributed by atoms with E-state index in [1.54, 1.807) is 0 Å². The Kier molecular flexibility index (Phi) is 5.48. The number of hydrogen-bond donors (Lipinski definition) is 2. The molecule has 1 saturated heterocycles. The highest BCUT2D eigenvalue weighted by atomic mass is 16.1. The van der Waals surface area contributed by atoms with Gasteiger partial charge in [0, 0.05) is 12.5 Å². The van der Waals surface area contributed by atoms with Crippen LogP contribution in [0.4, 0.5) is 0 Å². The first kappa shape index (κ1) is 15.8. The quantitative estimate of drug-likeness (QED) is 0.831. The molecule has 2 aliphatic rings. The molecule has 2 fully saturated rings. The molecule has 0 bridgehead atoms. The van der Waals surface area contributed by atoms with E-state index in [2.05, 4.69) is 31.4 Å². The van der Waals surface area contributed by atoms with Gasteiger partial charge in [0.15, 0.2) is 0 Å². The largest absolute Gasteiger partial charge is 0.353 e. The fraction of sp³-hybridized carbons (Fsp3) is 0.941. The van der Waals surface area contributed by atoms with E-state index in [4.69, 9.17) is 0 Å². The first-order valence-electron chi connectivity index (χ1n) is 8.46. The Balaban J connectivity index is 1.69. The molecule has 1 aliphatic heterocycles. The molecular formula is C17H32N2O. The van der Waals surface area contributed by atoms with Crippen molar-refractivity contribution in [3.63, 3.8) is 0 Å². The Morgan fingerprint density at radius 1 is 1.25 bits per heavy atom. The van der Waals surface area contributed by atoms with E-state index >= 15 is 0 Å². The number of amides is 1. The normalized spacial score (nSPS) is 30.9. The highest BCUT2D eigenvalue weighted by molar-refractivity contribution is 5.76. The first-order valence-corrected chi connectivity index (χ1v) is 8.46. The number of nitrogens with one attached hydrogen (secondary N) is 2. The minimum absolute atomic E-state index is 0.278. The fourth-order valence-electron chi connectivity index (χ4n) is 3.95. The molecule has 0 aromatic heterocycles. The van der Waals surface area contributed by atoms with Crippen LogP contribution in [0.5, 0.6) is 0 Å². The molecule has 3 nitrogen and oxygen atoms in total. The third-order valence-electron chi connectivity index (χ3n) is 5.28. The summed E-state index contributed by atoms with van der Waals surface area (Å²) in [6.07, 6.45) is 7.87. The smallest absolute Gasteiger partial charge is 0.220 e. The van der Waals surface area contributed by atoms with Crippen molar-refractivity contribution in [2.24, 2.45) is 17.3 Å². The molecule has 0 aromatic carbocycles. The first-order chi connectivity index (χ1) is 9.46. The van der Waals surface area contributed by atoms with Gasteiger partial charge in [-0.05, 0) is 68.9 Å². The fourth-order valence-corrected chi connectivity index (χ4v) is 3.95. The maximum Gasteiger partial charge on any atom is 0.220 e. The molecule has 116 valence electrons. The van der Waals surface area contributed by atoms with Gasteiger partial charge in [-0.3, -0.25) is 4.79 Å². The van der Waals surface area contributed by atoms with Crippen LogP contribution in [-0.4, -0.2) is 25.0 Å². The second-order valence-corrected chi connectivity index (χ2v) is 7.79. The topological polar surface area (TPSA) is 41.1 Å². The van der Waals surface area contributed by atoms with Crippen LogP contribution >= 0.6 is 0 Å². The van der Waals surface area contributed by atoms with Crippen LogP contribution in [0.15, 0.2) is 0 Å². The van der Waals surface area contributed by atoms with Gasteiger partial charge in [0.1, 0.15) is 0 Å². The van der Waals surface area contributed by atoms with Crippen molar-refractivity contribution < 1.29 is 4.79 Å². The lowest BCUT2D eigenvalue weighted by molar-refractivity contribution is -0.123. The number of rotatable bonds is 4. The second kappa shape index (κ2) is 6.93. The molecule has 0 aromatic rings. The Morgan fingerprint density at radius 3 is 2.60 bits per heavy atom. The average molecular weight is 280 g/mol. The van der Waals surface area contributed by atoms with Gasteiger partial charge in [-0.25, -0.2) is 0 Å². The van der Waals surface area contributed by atoms with Crippen molar-refractivity contribution >= 4 is 5.91 Å². The van der Waals surface area contributed by atoms with E-state index in [1.807, 2.05) is 0 Å². The summed E-state index contributed by atoms with van der Waals surface area (Å²) < 4.78 is 0. The third kappa shape index (κ3) is 4.76. The van der Waals surface area contributed by atoms with Crippen molar-refractivity contribution in [3.05, 3.63) is 0 Å². The molecule has 2 unspecified atom stereocenters. The van der Waals surface area contributed by atoms with Gasteiger partial charge in [0.2, 0.25) is 5.91 Å². The van der Waals surface area contributed by atoms with Gasteiger partial charge in [-0.2, -0.15) is 0 Å². The molecule has 0 radical (unpaired) electrons. The van der Waals surface area contributed by atoms with Crippen molar-refractivity contribution in [2.75, 3.05) is 13.1 Å². The SMILES string of the molecule is CC1CC(C)(C)CCC1NC(=O)CCC1CCNCC1. The predicted octanol–water partition coefficient (Wildman–Crippen LogP) is 3.10. The molecular weight excluding hydrogens is 248 g/mol. The monoisotopic (exact) mass is 280 g/mol. The molecule has 2 rings (SSSR count). The molecule has 0 spiro atoms. The summed E-state index contributed by atoms with van der Waals surface area (Å²) in [4.78, 5) is 12.1. The highest BCUT2D eigenvalue weighted by Crippen LogP contribution is 2.38. The Morgan fingerprint density at radius 2 is 1.95 bits per heavy atom. The van der Waals surface area contributed by atoms with Gasteiger partial charge in [-0.1, -0.05) is 20.8 Å². The lowest BCUT2D eigenvalue weighted by atomic mass is 9.70. The molecule has 2 N–H and O–H groups in total. The second-order valence-electron chi connectivity index (χ2n) is 7.79. The zero-order valence-corrected chi connectivity index (χ0v) is 13.5. The average Bonchev–Trinajstić information content (AvgIpc) is 2.40. The van der Waals surface area contributed by atoms with E-state index in [9.17, 15) is 4.79 Å². The van der Waals surface area contributed by atoms with Gasteiger partial charge >= 0.3 is 0 Å². The number of carbonyl (C=O) groups is 1. The molecule has 20 heavy (non-hydrogen) atoms. The standard InChI is InChI=1S/C17H32N2O/c1-13-12-17(2,3)9-6-15(13)19-16(20)5-4-14-7-10-18-11-8-14/h13-15,18H,4-12H2,1-3H3,(H,19,20). The molecule has 1 aliphatic carbocycles. The molecule has 1 amide bonds. The van der Waals surface area contributed by atoms with Crippen LogP contribution in [0, 0.1) is 17.3 Å². The van der Waals surface area contributed by atoms with E-state index < -0.39 is 0 Å². The molecule has 1 heterocycles. The summed E-state index contributed by atoms with van der Waals surface area (Å²) >= 11 is 0. The Hall–Kier alpha value is -0.570. The summed E-state index contributed by atoms with van der Waals surface area (Å²) in [5.41, 5.74) is 0.454. The minimum atomic E-state index is 0.278. The lowest BCUT2D eigenvalue weighted by Gasteiger charge is -2.39. The summed E-state index contributed by atoms with van der Waals surface area (Å²) in [6, 6.07) is 0.406. The number of hydrogen-bond acceptors (Lipinski definition) is 2. The van der Waals surface area contributed by atoms with E-state index in [0.29, 0.717) is 17.4 Å². The van der Waals surface area contributed by atoms with Crippen molar-refractivity contribution in [3.8, 4) is 0 Å². The summed E-state index contributed by atoms with van der Waals surface area (Å²) in [5, 5.41) is 6.67. The Labute approximate surface area is 124 Å². The predicted molar refractivity (Wildman–Crippen MR) is 83.6 cm³/mol. The van der Waals surface area contributed by atoms with Crippen molar-refractivity contribution in [1.29, 1.82) is 0 Å². The maximum absolute atomic E-state index is 12.1. The van der Waals surface area contributed by atoms with Gasteiger partial charge in [0.25, 0.3) is 0 Å². The van der Waals surface area contributed by atoms with Gasteiger partial charge in [0.05, 0.1) is 0 Å². The zero-order chi connectivity index (χ0) is 14.6. The Bertz CT molecular complexity index is 321. The lowest BCUT2D eigenvalue weighted by Crippen LogP contribution is -2.44. The molecule has 1 saturated carbocycles. The van der Waals surface area contributed by atoms with E-state index in [0.717, 1.165) is 38.3 Å². The minimum Gasteiger partial charge on any atom is -0.353 e. The van der Waals surface area contributed by atoms with Crippen molar-refractivity contribution in [1.82, 2.24) is 10.6 Å². The summed E-state index contributed by atoms with van der Waals surface area (Å²) in [7, 11) is 0. The van der Waals surface area contributed by atoms with Gasteiger partial charge < -0.3 is 10.6 Å². The van der Waals surface area contributed by atoms with Crippen LogP contribution in [-0.2, 0) is 4.79 Å². The van der Waals surface area contributed by atoms with E-state index in [-0.39, 0.29) is 5.91 Å². The van der Waals surface area contributed by atoms with Crippen LogP contribution in [0.25, 0.3) is 0 Å². The number of carbonyl (C=O) groups excluding carboxylic acids is 1. The van der Waals surface area contributed by atoms with Gasteiger partial charge in [-0.15, -0.1) is 0 Å². The molecule has 2 atom stereocenters. The zero-order valence-electron chi connectivity index (χ0n) is 13.5. The third-order valence-corrected chi connectivity index (χ3v) is 5.28. The summed E-state index contributed by atoms with van der Waals surface area (Å²) in [6.45, 7) is 9.23. The van der Waals surface area contributed by atoms with Crippen LogP contribution in [0.2, 0.25) is 0 Å². The van der Waals surface area contributed by atoms with E-state index in [1.165, 1.54) is 25.7 Å². The van der Waals surface area contributed by atoms with Crippen molar-refractivity contribution in [2.45, 2.75) is 71.8 Å². The maximum atomic E-state index is 12.1. The van der Waals surface area contributed by atoms with Crippen LogP contribution < -0.4 is 10.6 Å². The molecule has 3 heteroatoms.